The smallest absolute Gasteiger partial charge is 0.110 e. The maximum atomic E-state index is 4.84. The average Bonchev–Trinajstić information content (AvgIpc) is 3.42. The molecule has 5 rings (SSSR count). The van der Waals surface area contributed by atoms with E-state index in [0.717, 1.165) is 38.4 Å². The van der Waals surface area contributed by atoms with E-state index in [0.29, 0.717) is 0 Å². The molecule has 0 aliphatic heterocycles. The molecule has 0 bridgehead atoms. The van der Waals surface area contributed by atoms with Crippen LogP contribution in [0.25, 0.3) is 39.3 Å². The van der Waals surface area contributed by atoms with Gasteiger partial charge in [-0.05, 0) is 47.9 Å². The van der Waals surface area contributed by atoms with E-state index in [4.69, 9.17) is 10.1 Å². The van der Waals surface area contributed by atoms with Gasteiger partial charge < -0.3 is 0 Å². The second-order valence-electron chi connectivity index (χ2n) is 6.45. The van der Waals surface area contributed by atoms with E-state index in [1.807, 2.05) is 47.1 Å². The molecule has 3 heterocycles. The molecule has 0 N–H and O–H groups in total. The number of rotatable bonds is 4. The SMILES string of the molecule is C(=Cc1cn(-c2ccccc2)nc1-c1cccs1)c1ccc2ccccc2n1. The maximum absolute atomic E-state index is 4.84. The van der Waals surface area contributed by atoms with Crippen molar-refractivity contribution in [3.63, 3.8) is 0 Å². The summed E-state index contributed by atoms with van der Waals surface area (Å²) in [5, 5.41) is 8.07. The molecule has 134 valence electrons. The molecule has 0 amide bonds. The van der Waals surface area contributed by atoms with E-state index in [1.165, 1.54) is 0 Å². The molecule has 0 spiro atoms. The number of para-hydroxylation sites is 2. The van der Waals surface area contributed by atoms with Crippen LogP contribution in [0.5, 0.6) is 0 Å². The Labute approximate surface area is 167 Å². The molecular weight excluding hydrogens is 362 g/mol. The number of benzene rings is 2. The fourth-order valence-corrected chi connectivity index (χ4v) is 3.91. The Morgan fingerprint density at radius 1 is 0.786 bits per heavy atom. The Morgan fingerprint density at radius 3 is 2.50 bits per heavy atom. The summed E-state index contributed by atoms with van der Waals surface area (Å²) in [5.41, 5.74) is 5.03. The fraction of sp³-hybridized carbons (Fsp3) is 0. The summed E-state index contributed by atoms with van der Waals surface area (Å²) in [7, 11) is 0. The standard InChI is InChI=1S/C24H17N3S/c1-2-8-21(9-3-1)27-17-19(24(26-27)23-11-6-16-28-23)13-15-20-14-12-18-7-4-5-10-22(18)25-20/h1-17H. The largest absolute Gasteiger partial charge is 0.248 e. The summed E-state index contributed by atoms with van der Waals surface area (Å²) in [4.78, 5) is 5.89. The van der Waals surface area contributed by atoms with Gasteiger partial charge in [-0.25, -0.2) is 9.67 Å². The Morgan fingerprint density at radius 2 is 1.64 bits per heavy atom. The van der Waals surface area contributed by atoms with Gasteiger partial charge in [-0.3, -0.25) is 0 Å². The van der Waals surface area contributed by atoms with Gasteiger partial charge in [-0.15, -0.1) is 11.3 Å². The predicted octanol–water partition coefficient (Wildman–Crippen LogP) is 6.32. The number of thiophene rings is 1. The highest BCUT2D eigenvalue weighted by atomic mass is 32.1. The maximum Gasteiger partial charge on any atom is 0.110 e. The third-order valence-electron chi connectivity index (χ3n) is 4.57. The number of pyridine rings is 1. The molecule has 2 aromatic carbocycles. The fourth-order valence-electron chi connectivity index (χ4n) is 3.18. The average molecular weight is 379 g/mol. The Kier molecular flexibility index (Phi) is 4.31. The molecule has 3 aromatic heterocycles. The van der Waals surface area contributed by atoms with E-state index in [9.17, 15) is 0 Å². The molecule has 0 aliphatic rings. The zero-order valence-electron chi connectivity index (χ0n) is 15.1. The van der Waals surface area contributed by atoms with Gasteiger partial charge in [0.2, 0.25) is 0 Å². The van der Waals surface area contributed by atoms with Crippen molar-refractivity contribution < 1.29 is 0 Å². The summed E-state index contributed by atoms with van der Waals surface area (Å²) in [5.74, 6) is 0. The first-order valence-electron chi connectivity index (χ1n) is 9.10. The monoisotopic (exact) mass is 379 g/mol. The van der Waals surface area contributed by atoms with Gasteiger partial charge in [-0.1, -0.05) is 48.5 Å². The quantitative estimate of drug-likeness (QED) is 0.366. The van der Waals surface area contributed by atoms with E-state index >= 15 is 0 Å². The van der Waals surface area contributed by atoms with Crippen LogP contribution in [0.2, 0.25) is 0 Å². The highest BCUT2D eigenvalue weighted by Crippen LogP contribution is 2.29. The van der Waals surface area contributed by atoms with Crippen LogP contribution in [-0.2, 0) is 0 Å². The minimum absolute atomic E-state index is 0.934. The lowest BCUT2D eigenvalue weighted by Gasteiger charge is -1.99. The van der Waals surface area contributed by atoms with Crippen LogP contribution < -0.4 is 0 Å². The molecule has 0 radical (unpaired) electrons. The zero-order chi connectivity index (χ0) is 18.8. The van der Waals surface area contributed by atoms with Gasteiger partial charge in [-0.2, -0.15) is 5.10 Å². The van der Waals surface area contributed by atoms with Crippen molar-refractivity contribution in [3.8, 4) is 16.3 Å². The lowest BCUT2D eigenvalue weighted by Crippen LogP contribution is -1.93. The van der Waals surface area contributed by atoms with Crippen LogP contribution in [0, 0.1) is 0 Å². The number of aromatic nitrogens is 3. The number of nitrogens with zero attached hydrogens (tertiary/aromatic N) is 3. The van der Waals surface area contributed by atoms with E-state index < -0.39 is 0 Å². The van der Waals surface area contributed by atoms with Crippen molar-refractivity contribution in [2.45, 2.75) is 0 Å². The van der Waals surface area contributed by atoms with E-state index in [1.54, 1.807) is 11.3 Å². The van der Waals surface area contributed by atoms with Crippen LogP contribution in [0.3, 0.4) is 0 Å². The van der Waals surface area contributed by atoms with Crippen LogP contribution in [0.4, 0.5) is 0 Å². The van der Waals surface area contributed by atoms with Gasteiger partial charge in [0.15, 0.2) is 0 Å². The normalized spacial score (nSPS) is 11.4. The summed E-state index contributed by atoms with van der Waals surface area (Å²) in [6.07, 6.45) is 6.22. The van der Waals surface area contributed by atoms with Crippen molar-refractivity contribution in [1.82, 2.24) is 14.8 Å². The molecule has 0 saturated heterocycles. The van der Waals surface area contributed by atoms with Crippen molar-refractivity contribution >= 4 is 34.4 Å². The van der Waals surface area contributed by atoms with Crippen LogP contribution in [0.15, 0.2) is 90.4 Å². The molecule has 0 saturated carbocycles. The number of hydrogen-bond donors (Lipinski definition) is 0. The zero-order valence-corrected chi connectivity index (χ0v) is 15.9. The Balaban J connectivity index is 1.56. The summed E-state index contributed by atoms with van der Waals surface area (Å²) in [6.45, 7) is 0. The van der Waals surface area contributed by atoms with Gasteiger partial charge in [0.1, 0.15) is 5.69 Å². The Bertz CT molecular complexity index is 1250. The van der Waals surface area contributed by atoms with Crippen molar-refractivity contribution in [2.75, 3.05) is 0 Å². The van der Waals surface area contributed by atoms with E-state index in [-0.39, 0.29) is 0 Å². The first-order chi connectivity index (χ1) is 13.9. The van der Waals surface area contributed by atoms with Gasteiger partial charge in [0.05, 0.1) is 21.8 Å². The first kappa shape index (κ1) is 16.7. The molecule has 5 aromatic rings. The summed E-state index contributed by atoms with van der Waals surface area (Å²) < 4.78 is 1.93. The lowest BCUT2D eigenvalue weighted by molar-refractivity contribution is 0.885. The van der Waals surface area contributed by atoms with Gasteiger partial charge in [0.25, 0.3) is 0 Å². The summed E-state index contributed by atoms with van der Waals surface area (Å²) >= 11 is 1.70. The molecule has 0 atom stereocenters. The molecule has 4 heteroatoms. The van der Waals surface area contributed by atoms with Crippen LogP contribution >= 0.6 is 11.3 Å². The van der Waals surface area contributed by atoms with E-state index in [2.05, 4.69) is 60.1 Å². The second kappa shape index (κ2) is 7.25. The Hall–Kier alpha value is -3.50. The number of hydrogen-bond acceptors (Lipinski definition) is 3. The first-order valence-corrected chi connectivity index (χ1v) is 9.98. The molecule has 0 unspecified atom stereocenters. The topological polar surface area (TPSA) is 30.7 Å². The van der Waals surface area contributed by atoms with Crippen molar-refractivity contribution in [1.29, 1.82) is 0 Å². The lowest BCUT2D eigenvalue weighted by atomic mass is 10.1. The molecular formula is C24H17N3S. The summed E-state index contributed by atoms with van der Waals surface area (Å²) in [6, 6.07) is 26.7. The third-order valence-corrected chi connectivity index (χ3v) is 5.45. The highest BCUT2D eigenvalue weighted by molar-refractivity contribution is 7.13. The molecule has 0 fully saturated rings. The minimum Gasteiger partial charge on any atom is -0.248 e. The van der Waals surface area contributed by atoms with Gasteiger partial charge in [0, 0.05) is 17.1 Å². The molecule has 0 aliphatic carbocycles. The van der Waals surface area contributed by atoms with Crippen molar-refractivity contribution in [2.24, 2.45) is 0 Å². The van der Waals surface area contributed by atoms with Crippen LogP contribution in [0.1, 0.15) is 11.3 Å². The van der Waals surface area contributed by atoms with Gasteiger partial charge >= 0.3 is 0 Å². The molecule has 3 nitrogen and oxygen atoms in total. The third kappa shape index (κ3) is 3.26. The second-order valence-corrected chi connectivity index (χ2v) is 7.40. The van der Waals surface area contributed by atoms with Crippen LogP contribution in [-0.4, -0.2) is 14.8 Å². The highest BCUT2D eigenvalue weighted by Gasteiger charge is 2.11. The minimum atomic E-state index is 0.934. The molecule has 28 heavy (non-hydrogen) atoms. The van der Waals surface area contributed by atoms with Crippen molar-refractivity contribution in [3.05, 3.63) is 102 Å². The number of fused-ring (bicyclic) bond motifs is 1. The predicted molar refractivity (Wildman–Crippen MR) is 118 cm³/mol.